The summed E-state index contributed by atoms with van der Waals surface area (Å²) in [5.74, 6) is 1.78. The second kappa shape index (κ2) is 6.37. The Morgan fingerprint density at radius 3 is 2.87 bits per heavy atom. The Hall–Kier alpha value is -2.41. The smallest absolute Gasteiger partial charge is 0.320 e. The fraction of sp³-hybridized carbons (Fsp3) is 0.333. The summed E-state index contributed by atoms with van der Waals surface area (Å²) >= 11 is 6.17. The zero-order valence-electron chi connectivity index (χ0n) is 12.9. The number of carbonyl (C=O) groups excluding carboxylic acids is 1. The molecule has 3 rings (SSSR count). The molecule has 0 aliphatic carbocycles. The quantitative estimate of drug-likeness (QED) is 0.902. The van der Waals surface area contributed by atoms with Crippen LogP contribution < -0.4 is 20.1 Å². The molecule has 0 saturated carbocycles. The van der Waals surface area contributed by atoms with Crippen molar-refractivity contribution in [2.75, 3.05) is 18.5 Å². The van der Waals surface area contributed by atoms with Crippen molar-refractivity contribution in [2.45, 2.75) is 13.5 Å². The van der Waals surface area contributed by atoms with Gasteiger partial charge in [0.2, 0.25) is 0 Å². The van der Waals surface area contributed by atoms with Crippen molar-refractivity contribution in [2.24, 2.45) is 7.05 Å². The monoisotopic (exact) mass is 336 g/mol. The number of hydrogen-bond acceptors (Lipinski definition) is 4. The molecule has 122 valence electrons. The molecule has 0 bridgehead atoms. The first-order valence-electron chi connectivity index (χ1n) is 7.16. The molecule has 8 heteroatoms. The van der Waals surface area contributed by atoms with Crippen LogP contribution in [0.4, 0.5) is 10.6 Å². The van der Waals surface area contributed by atoms with Crippen LogP contribution in [0.25, 0.3) is 0 Å². The van der Waals surface area contributed by atoms with E-state index < -0.39 is 0 Å². The van der Waals surface area contributed by atoms with Crippen molar-refractivity contribution in [3.8, 4) is 11.5 Å². The van der Waals surface area contributed by atoms with E-state index in [1.165, 1.54) is 0 Å². The molecule has 2 amide bonds. The number of nitrogens with one attached hydrogen (secondary N) is 2. The molecule has 2 aromatic rings. The van der Waals surface area contributed by atoms with E-state index in [9.17, 15) is 4.79 Å². The van der Waals surface area contributed by atoms with E-state index in [0.717, 1.165) is 11.3 Å². The highest BCUT2D eigenvalue weighted by molar-refractivity contribution is 6.32. The summed E-state index contributed by atoms with van der Waals surface area (Å²) in [7, 11) is 1.77. The topological polar surface area (TPSA) is 77.4 Å². The van der Waals surface area contributed by atoms with E-state index >= 15 is 0 Å². The lowest BCUT2D eigenvalue weighted by Crippen LogP contribution is -2.29. The average Bonchev–Trinajstić information content (AvgIpc) is 2.83. The van der Waals surface area contributed by atoms with Gasteiger partial charge in [-0.05, 0) is 24.6 Å². The number of amides is 2. The Labute approximate surface area is 138 Å². The third-order valence-corrected chi connectivity index (χ3v) is 3.63. The van der Waals surface area contributed by atoms with E-state index in [0.29, 0.717) is 42.1 Å². The van der Waals surface area contributed by atoms with Crippen molar-refractivity contribution in [1.29, 1.82) is 0 Å². The number of ether oxygens (including phenoxy) is 2. The second-order valence-electron chi connectivity index (χ2n) is 5.20. The van der Waals surface area contributed by atoms with Crippen LogP contribution in [0.15, 0.2) is 18.2 Å². The molecule has 0 saturated heterocycles. The maximum Gasteiger partial charge on any atom is 0.320 e. The fourth-order valence-corrected chi connectivity index (χ4v) is 2.62. The Bertz CT molecular complexity index is 745. The van der Waals surface area contributed by atoms with Crippen LogP contribution in [0.1, 0.15) is 11.3 Å². The summed E-state index contributed by atoms with van der Waals surface area (Å²) in [4.78, 5) is 12.0. The average molecular weight is 337 g/mol. The van der Waals surface area contributed by atoms with Gasteiger partial charge in [0.25, 0.3) is 0 Å². The molecule has 0 atom stereocenters. The number of carbonyl (C=O) groups is 1. The third kappa shape index (κ3) is 3.50. The molecule has 23 heavy (non-hydrogen) atoms. The molecule has 2 heterocycles. The first-order chi connectivity index (χ1) is 11.0. The van der Waals surface area contributed by atoms with Gasteiger partial charge in [0.15, 0.2) is 11.5 Å². The number of nitrogens with zero attached hydrogens (tertiary/aromatic N) is 2. The third-order valence-electron chi connectivity index (χ3n) is 3.35. The molecule has 1 aliphatic rings. The van der Waals surface area contributed by atoms with Gasteiger partial charge < -0.3 is 14.8 Å². The van der Waals surface area contributed by atoms with Crippen molar-refractivity contribution < 1.29 is 14.3 Å². The number of rotatable bonds is 3. The molecule has 1 aromatic heterocycles. The minimum atomic E-state index is -0.320. The van der Waals surface area contributed by atoms with Crippen LogP contribution in [0.2, 0.25) is 5.02 Å². The zero-order valence-corrected chi connectivity index (χ0v) is 13.6. The predicted octanol–water partition coefficient (Wildman–Crippen LogP) is 2.47. The summed E-state index contributed by atoms with van der Waals surface area (Å²) in [6.45, 7) is 3.15. The van der Waals surface area contributed by atoms with E-state index in [4.69, 9.17) is 21.1 Å². The molecule has 0 radical (unpaired) electrons. The minimum Gasteiger partial charge on any atom is -0.486 e. The first-order valence-corrected chi connectivity index (χ1v) is 7.54. The summed E-state index contributed by atoms with van der Waals surface area (Å²) in [6.07, 6.45) is 0. The van der Waals surface area contributed by atoms with Gasteiger partial charge in [0.05, 0.1) is 10.7 Å². The summed E-state index contributed by atoms with van der Waals surface area (Å²) in [5, 5.41) is 10.2. The number of fused-ring (bicyclic) bond motifs is 1. The van der Waals surface area contributed by atoms with Gasteiger partial charge >= 0.3 is 6.03 Å². The van der Waals surface area contributed by atoms with Gasteiger partial charge in [-0.15, -0.1) is 0 Å². The number of benzene rings is 1. The molecular weight excluding hydrogens is 320 g/mol. The van der Waals surface area contributed by atoms with Crippen molar-refractivity contribution >= 4 is 23.4 Å². The van der Waals surface area contributed by atoms with Gasteiger partial charge in [-0.1, -0.05) is 11.6 Å². The second-order valence-corrected chi connectivity index (χ2v) is 5.61. The zero-order chi connectivity index (χ0) is 16.4. The molecule has 2 N–H and O–H groups in total. The maximum atomic E-state index is 12.0. The number of aromatic nitrogens is 2. The van der Waals surface area contributed by atoms with Gasteiger partial charge in [-0.2, -0.15) is 5.10 Å². The number of anilines is 1. The first kappa shape index (κ1) is 15.5. The predicted molar refractivity (Wildman–Crippen MR) is 86.2 cm³/mol. The molecule has 0 unspecified atom stereocenters. The van der Waals surface area contributed by atoms with Gasteiger partial charge in [-0.25, -0.2) is 4.79 Å². The van der Waals surface area contributed by atoms with Crippen molar-refractivity contribution in [3.05, 3.63) is 34.5 Å². The highest BCUT2D eigenvalue weighted by Gasteiger charge is 2.17. The van der Waals surface area contributed by atoms with E-state index in [2.05, 4.69) is 15.7 Å². The van der Waals surface area contributed by atoms with E-state index in [1.54, 1.807) is 23.9 Å². The lowest BCUT2D eigenvalue weighted by Gasteiger charge is -2.20. The Balaban J connectivity index is 1.63. The summed E-state index contributed by atoms with van der Waals surface area (Å²) in [6, 6.07) is 5.04. The normalized spacial score (nSPS) is 12.8. The number of halogens is 1. The fourth-order valence-electron chi connectivity index (χ4n) is 2.34. The molecule has 0 fully saturated rings. The standard InChI is InChI=1S/C15H17ClN4O3/c1-9-5-13(20(2)19-9)18-15(21)17-8-10-6-11(16)14-12(7-10)22-3-4-23-14/h5-7H,3-4,8H2,1-2H3,(H2,17,18,21). The van der Waals surface area contributed by atoms with Crippen LogP contribution in [0, 0.1) is 6.92 Å². The lowest BCUT2D eigenvalue weighted by atomic mass is 10.2. The molecule has 1 aromatic carbocycles. The Morgan fingerprint density at radius 1 is 1.35 bits per heavy atom. The van der Waals surface area contributed by atoms with Crippen LogP contribution >= 0.6 is 11.6 Å². The van der Waals surface area contributed by atoms with Crippen molar-refractivity contribution in [1.82, 2.24) is 15.1 Å². The van der Waals surface area contributed by atoms with Gasteiger partial charge in [-0.3, -0.25) is 10.00 Å². The van der Waals surface area contributed by atoms with E-state index in [1.807, 2.05) is 13.0 Å². The molecule has 1 aliphatic heterocycles. The molecule has 7 nitrogen and oxygen atoms in total. The molecule has 0 spiro atoms. The van der Waals surface area contributed by atoms with E-state index in [-0.39, 0.29) is 6.03 Å². The van der Waals surface area contributed by atoms with Crippen LogP contribution in [-0.4, -0.2) is 29.0 Å². The lowest BCUT2D eigenvalue weighted by molar-refractivity contribution is 0.171. The Kier molecular flexibility index (Phi) is 4.29. The number of aryl methyl sites for hydroxylation is 2. The summed E-state index contributed by atoms with van der Waals surface area (Å²) < 4.78 is 12.6. The highest BCUT2D eigenvalue weighted by Crippen LogP contribution is 2.38. The van der Waals surface area contributed by atoms with Gasteiger partial charge in [0.1, 0.15) is 19.0 Å². The van der Waals surface area contributed by atoms with Crippen LogP contribution in [0.3, 0.4) is 0 Å². The number of hydrogen-bond donors (Lipinski definition) is 2. The maximum absolute atomic E-state index is 12.0. The SMILES string of the molecule is Cc1cc(NC(=O)NCc2cc(Cl)c3c(c2)OCCO3)n(C)n1. The van der Waals surface area contributed by atoms with Gasteiger partial charge in [0, 0.05) is 19.7 Å². The highest BCUT2D eigenvalue weighted by atomic mass is 35.5. The summed E-state index contributed by atoms with van der Waals surface area (Å²) in [5.41, 5.74) is 1.66. The van der Waals surface area contributed by atoms with Crippen LogP contribution in [0.5, 0.6) is 11.5 Å². The van der Waals surface area contributed by atoms with Crippen LogP contribution in [-0.2, 0) is 13.6 Å². The number of urea groups is 1. The Morgan fingerprint density at radius 2 is 2.13 bits per heavy atom. The minimum absolute atomic E-state index is 0.318. The molecular formula is C15H17ClN4O3. The van der Waals surface area contributed by atoms with Crippen molar-refractivity contribution in [3.63, 3.8) is 0 Å². The largest absolute Gasteiger partial charge is 0.486 e.